The van der Waals surface area contributed by atoms with Gasteiger partial charge in [0.1, 0.15) is 5.52 Å². The molecule has 2 heterocycles. The van der Waals surface area contributed by atoms with Crippen LogP contribution in [-0.2, 0) is 0 Å². The van der Waals surface area contributed by atoms with E-state index in [0.29, 0.717) is 5.95 Å². The molecule has 0 atom stereocenters. The van der Waals surface area contributed by atoms with Crippen LogP contribution in [0.5, 0.6) is 0 Å². The molecular weight excluding hydrogens is 316 g/mol. The Hall–Kier alpha value is -1.88. The van der Waals surface area contributed by atoms with Crippen molar-refractivity contribution in [3.8, 4) is 5.69 Å². The van der Waals surface area contributed by atoms with Crippen molar-refractivity contribution in [2.45, 2.75) is 20.8 Å². The summed E-state index contributed by atoms with van der Waals surface area (Å²) in [5.74, 6) is 0.468. The van der Waals surface area contributed by atoms with Crippen LogP contribution < -0.4 is 5.73 Å². The maximum Gasteiger partial charge on any atom is 0.207 e. The maximum atomic E-state index is 6.13. The van der Waals surface area contributed by atoms with Gasteiger partial charge in [-0.15, -0.1) is 0 Å². The molecule has 5 heteroatoms. The van der Waals surface area contributed by atoms with Gasteiger partial charge in [0.2, 0.25) is 5.95 Å². The number of benzene rings is 1. The van der Waals surface area contributed by atoms with Crippen LogP contribution in [-0.4, -0.2) is 14.5 Å². The number of nitrogens with zero attached hydrogens (tertiary/aromatic N) is 3. The molecule has 102 valence electrons. The van der Waals surface area contributed by atoms with E-state index in [0.717, 1.165) is 38.0 Å². The topological polar surface area (TPSA) is 56.7 Å². The van der Waals surface area contributed by atoms with Gasteiger partial charge in [-0.25, -0.2) is 9.97 Å². The molecule has 0 spiro atoms. The lowest BCUT2D eigenvalue weighted by Gasteiger charge is -2.13. The standard InChI is InChI=1S/C15H15BrN4/c1-8-4-5-18-14-12(8)19-15(17)20(14)13-9(2)6-11(16)7-10(13)3/h4-7H,1-3H3,(H2,17,19). The molecule has 0 unspecified atom stereocenters. The largest absolute Gasteiger partial charge is 0.369 e. The normalized spacial score (nSPS) is 11.2. The first-order valence-electron chi connectivity index (χ1n) is 6.35. The molecule has 2 N–H and O–H groups in total. The fraction of sp³-hybridized carbons (Fsp3) is 0.200. The highest BCUT2D eigenvalue weighted by Gasteiger charge is 2.16. The quantitative estimate of drug-likeness (QED) is 0.740. The zero-order chi connectivity index (χ0) is 14.4. The predicted molar refractivity (Wildman–Crippen MR) is 85.2 cm³/mol. The summed E-state index contributed by atoms with van der Waals surface area (Å²) in [5.41, 5.74) is 12.2. The average molecular weight is 331 g/mol. The minimum Gasteiger partial charge on any atom is -0.369 e. The summed E-state index contributed by atoms with van der Waals surface area (Å²) in [6.45, 7) is 6.14. The number of aryl methyl sites for hydroxylation is 3. The molecule has 0 aliphatic carbocycles. The van der Waals surface area contributed by atoms with Gasteiger partial charge in [0.15, 0.2) is 5.65 Å². The summed E-state index contributed by atoms with van der Waals surface area (Å²) in [7, 11) is 0. The van der Waals surface area contributed by atoms with Crippen molar-refractivity contribution < 1.29 is 0 Å². The number of imidazole rings is 1. The first kappa shape index (κ1) is 13.1. The lowest BCUT2D eigenvalue weighted by molar-refractivity contribution is 1.05. The third-order valence-electron chi connectivity index (χ3n) is 3.45. The van der Waals surface area contributed by atoms with Crippen LogP contribution in [0.2, 0.25) is 0 Å². The summed E-state index contributed by atoms with van der Waals surface area (Å²) in [6.07, 6.45) is 1.79. The SMILES string of the molecule is Cc1cc(Br)cc(C)c1-n1c(N)nc2c(C)ccnc21. The Morgan fingerprint density at radius 2 is 1.75 bits per heavy atom. The lowest BCUT2D eigenvalue weighted by Crippen LogP contribution is -2.05. The van der Waals surface area contributed by atoms with Crippen LogP contribution in [0, 0.1) is 20.8 Å². The molecule has 3 aromatic rings. The maximum absolute atomic E-state index is 6.13. The van der Waals surface area contributed by atoms with Gasteiger partial charge >= 0.3 is 0 Å². The molecular formula is C15H15BrN4. The van der Waals surface area contributed by atoms with E-state index in [2.05, 4.69) is 51.9 Å². The minimum atomic E-state index is 0.468. The number of rotatable bonds is 1. The van der Waals surface area contributed by atoms with Crippen LogP contribution in [0.1, 0.15) is 16.7 Å². The van der Waals surface area contributed by atoms with Gasteiger partial charge in [-0.3, -0.25) is 4.57 Å². The van der Waals surface area contributed by atoms with Crippen LogP contribution in [0.3, 0.4) is 0 Å². The van der Waals surface area contributed by atoms with E-state index in [9.17, 15) is 0 Å². The molecule has 0 aliphatic heterocycles. The van der Waals surface area contributed by atoms with Gasteiger partial charge in [-0.1, -0.05) is 15.9 Å². The number of anilines is 1. The fourth-order valence-electron chi connectivity index (χ4n) is 2.59. The van der Waals surface area contributed by atoms with Gasteiger partial charge in [-0.05, 0) is 55.7 Å². The van der Waals surface area contributed by atoms with Crippen molar-refractivity contribution in [3.63, 3.8) is 0 Å². The number of aromatic nitrogens is 3. The van der Waals surface area contributed by atoms with E-state index in [4.69, 9.17) is 5.73 Å². The number of nitrogen functional groups attached to an aromatic ring is 1. The highest BCUT2D eigenvalue weighted by atomic mass is 79.9. The predicted octanol–water partition coefficient (Wildman–Crippen LogP) is 3.69. The first-order valence-corrected chi connectivity index (χ1v) is 7.15. The number of hydrogen-bond acceptors (Lipinski definition) is 3. The lowest BCUT2D eigenvalue weighted by atomic mass is 10.1. The van der Waals surface area contributed by atoms with Crippen LogP contribution >= 0.6 is 15.9 Å². The van der Waals surface area contributed by atoms with Crippen molar-refractivity contribution in [3.05, 3.63) is 45.6 Å². The molecule has 0 fully saturated rings. The molecule has 2 aromatic heterocycles. The van der Waals surface area contributed by atoms with Crippen LogP contribution in [0.15, 0.2) is 28.9 Å². The molecule has 4 nitrogen and oxygen atoms in total. The summed E-state index contributed by atoms with van der Waals surface area (Å²) in [5, 5.41) is 0. The Balaban J connectivity index is 2.42. The molecule has 0 saturated heterocycles. The third-order valence-corrected chi connectivity index (χ3v) is 3.91. The minimum absolute atomic E-state index is 0.468. The van der Waals surface area contributed by atoms with Gasteiger partial charge < -0.3 is 5.73 Å². The summed E-state index contributed by atoms with van der Waals surface area (Å²) in [4.78, 5) is 8.91. The molecule has 0 amide bonds. The average Bonchev–Trinajstić information content (AvgIpc) is 2.67. The van der Waals surface area contributed by atoms with Gasteiger partial charge in [-0.2, -0.15) is 0 Å². The zero-order valence-corrected chi connectivity index (χ0v) is 13.2. The van der Waals surface area contributed by atoms with E-state index in [1.807, 2.05) is 17.6 Å². The highest BCUT2D eigenvalue weighted by Crippen LogP contribution is 2.29. The molecule has 0 radical (unpaired) electrons. The highest BCUT2D eigenvalue weighted by molar-refractivity contribution is 9.10. The number of fused-ring (bicyclic) bond motifs is 1. The van der Waals surface area contributed by atoms with Crippen molar-refractivity contribution in [2.24, 2.45) is 0 Å². The Bertz CT molecular complexity index is 797. The molecule has 20 heavy (non-hydrogen) atoms. The van der Waals surface area contributed by atoms with E-state index >= 15 is 0 Å². The molecule has 0 aliphatic rings. The smallest absolute Gasteiger partial charge is 0.207 e. The second kappa shape index (κ2) is 4.59. The second-order valence-corrected chi connectivity index (χ2v) is 5.91. The van der Waals surface area contributed by atoms with Gasteiger partial charge in [0.25, 0.3) is 0 Å². The van der Waals surface area contributed by atoms with E-state index in [-0.39, 0.29) is 0 Å². The molecule has 1 aromatic carbocycles. The zero-order valence-electron chi connectivity index (χ0n) is 11.6. The summed E-state index contributed by atoms with van der Waals surface area (Å²) < 4.78 is 2.99. The van der Waals surface area contributed by atoms with Gasteiger partial charge in [0.05, 0.1) is 5.69 Å². The van der Waals surface area contributed by atoms with Crippen LogP contribution in [0.4, 0.5) is 5.95 Å². The molecule has 3 rings (SSSR count). The monoisotopic (exact) mass is 330 g/mol. The number of hydrogen-bond donors (Lipinski definition) is 1. The van der Waals surface area contributed by atoms with Crippen molar-refractivity contribution in [1.82, 2.24) is 14.5 Å². The Morgan fingerprint density at radius 3 is 2.40 bits per heavy atom. The van der Waals surface area contributed by atoms with E-state index in [1.165, 1.54) is 0 Å². The fourth-order valence-corrected chi connectivity index (χ4v) is 3.27. The molecule has 0 bridgehead atoms. The van der Waals surface area contributed by atoms with E-state index in [1.54, 1.807) is 6.20 Å². The van der Waals surface area contributed by atoms with Crippen molar-refractivity contribution >= 4 is 33.0 Å². The third kappa shape index (κ3) is 1.89. The molecule has 0 saturated carbocycles. The van der Waals surface area contributed by atoms with E-state index < -0.39 is 0 Å². The number of halogens is 1. The Labute approximate surface area is 125 Å². The second-order valence-electron chi connectivity index (χ2n) is 4.99. The summed E-state index contributed by atoms with van der Waals surface area (Å²) in [6, 6.07) is 6.09. The summed E-state index contributed by atoms with van der Waals surface area (Å²) >= 11 is 3.52. The number of pyridine rings is 1. The van der Waals surface area contributed by atoms with Gasteiger partial charge in [0, 0.05) is 10.7 Å². The Kier molecular flexibility index (Phi) is 3.01. The van der Waals surface area contributed by atoms with Crippen molar-refractivity contribution in [2.75, 3.05) is 5.73 Å². The van der Waals surface area contributed by atoms with Crippen LogP contribution in [0.25, 0.3) is 16.9 Å². The number of nitrogens with two attached hydrogens (primary N) is 1. The van der Waals surface area contributed by atoms with Crippen molar-refractivity contribution in [1.29, 1.82) is 0 Å². The Morgan fingerprint density at radius 1 is 1.10 bits per heavy atom. The first-order chi connectivity index (χ1) is 9.49.